The SMILES string of the molecule is CCCCCCCCCCCCCCCCCCNC1=CCC(N)(OC)C=C1. The predicted molar refractivity (Wildman–Crippen MR) is 123 cm³/mol. The van der Waals surface area contributed by atoms with Crippen LogP contribution >= 0.6 is 0 Å². The average molecular weight is 393 g/mol. The maximum Gasteiger partial charge on any atom is 0.139 e. The van der Waals surface area contributed by atoms with E-state index in [0.717, 1.165) is 13.0 Å². The molecule has 0 heterocycles. The van der Waals surface area contributed by atoms with Crippen molar-refractivity contribution in [2.24, 2.45) is 5.73 Å². The lowest BCUT2D eigenvalue weighted by atomic mass is 10.0. The van der Waals surface area contributed by atoms with Gasteiger partial charge < -0.3 is 10.1 Å². The Bertz CT molecular complexity index is 419. The molecule has 0 aliphatic heterocycles. The van der Waals surface area contributed by atoms with Gasteiger partial charge in [-0.3, -0.25) is 5.73 Å². The van der Waals surface area contributed by atoms with Crippen molar-refractivity contribution in [3.05, 3.63) is 23.9 Å². The molecule has 0 aromatic rings. The number of hydrogen-bond acceptors (Lipinski definition) is 3. The first-order chi connectivity index (χ1) is 13.7. The lowest BCUT2D eigenvalue weighted by molar-refractivity contribution is 0.0392. The normalized spacial score (nSPS) is 19.0. The van der Waals surface area contributed by atoms with Gasteiger partial charge in [0.2, 0.25) is 0 Å². The molecular weight excluding hydrogens is 344 g/mol. The summed E-state index contributed by atoms with van der Waals surface area (Å²) in [5.41, 5.74) is 6.60. The van der Waals surface area contributed by atoms with Gasteiger partial charge in [0, 0.05) is 25.8 Å². The molecular formula is C25H48N2O. The Balaban J connectivity index is 1.76. The summed E-state index contributed by atoms with van der Waals surface area (Å²) >= 11 is 0. The first kappa shape index (κ1) is 25.2. The van der Waals surface area contributed by atoms with Crippen molar-refractivity contribution >= 4 is 0 Å². The van der Waals surface area contributed by atoms with E-state index in [-0.39, 0.29) is 0 Å². The van der Waals surface area contributed by atoms with E-state index < -0.39 is 5.72 Å². The van der Waals surface area contributed by atoms with Crippen LogP contribution in [0.1, 0.15) is 116 Å². The van der Waals surface area contributed by atoms with Crippen molar-refractivity contribution in [1.29, 1.82) is 0 Å². The second-order valence-electron chi connectivity index (χ2n) is 8.59. The Labute approximate surface area is 175 Å². The van der Waals surface area contributed by atoms with Crippen molar-refractivity contribution in [3.8, 4) is 0 Å². The molecule has 0 saturated carbocycles. The second-order valence-corrected chi connectivity index (χ2v) is 8.59. The fraction of sp³-hybridized carbons (Fsp3) is 0.840. The zero-order valence-electron chi connectivity index (χ0n) is 18.9. The Morgan fingerprint density at radius 2 is 1.29 bits per heavy atom. The molecule has 0 radical (unpaired) electrons. The van der Waals surface area contributed by atoms with Gasteiger partial charge in [-0.05, 0) is 18.6 Å². The van der Waals surface area contributed by atoms with Crippen molar-refractivity contribution in [3.63, 3.8) is 0 Å². The van der Waals surface area contributed by atoms with E-state index in [1.807, 2.05) is 12.2 Å². The molecule has 0 bridgehead atoms. The Kier molecular flexibility index (Phi) is 15.4. The molecule has 0 saturated heterocycles. The van der Waals surface area contributed by atoms with Crippen LogP contribution < -0.4 is 11.1 Å². The van der Waals surface area contributed by atoms with E-state index in [1.54, 1.807) is 7.11 Å². The Hall–Kier alpha value is -0.800. The summed E-state index contributed by atoms with van der Waals surface area (Å²) < 4.78 is 5.28. The van der Waals surface area contributed by atoms with Crippen LogP contribution in [0.5, 0.6) is 0 Å². The van der Waals surface area contributed by atoms with Crippen LogP contribution in [-0.4, -0.2) is 19.4 Å². The van der Waals surface area contributed by atoms with E-state index in [1.165, 1.54) is 108 Å². The van der Waals surface area contributed by atoms with Gasteiger partial charge in [-0.1, -0.05) is 109 Å². The highest BCUT2D eigenvalue weighted by Crippen LogP contribution is 2.18. The number of allylic oxidation sites excluding steroid dienone is 1. The fourth-order valence-electron chi connectivity index (χ4n) is 3.82. The Morgan fingerprint density at radius 3 is 1.68 bits per heavy atom. The lowest BCUT2D eigenvalue weighted by Crippen LogP contribution is -2.40. The van der Waals surface area contributed by atoms with Gasteiger partial charge >= 0.3 is 0 Å². The summed E-state index contributed by atoms with van der Waals surface area (Å²) in [5.74, 6) is 0. The fourth-order valence-corrected chi connectivity index (χ4v) is 3.82. The zero-order valence-corrected chi connectivity index (χ0v) is 18.9. The number of nitrogens with one attached hydrogen (secondary N) is 1. The molecule has 1 unspecified atom stereocenters. The summed E-state index contributed by atoms with van der Waals surface area (Å²) in [7, 11) is 1.66. The number of nitrogens with two attached hydrogens (primary N) is 1. The molecule has 0 fully saturated rings. The monoisotopic (exact) mass is 392 g/mol. The molecule has 1 atom stereocenters. The maximum atomic E-state index is 6.03. The summed E-state index contributed by atoms with van der Waals surface area (Å²) in [6.07, 6.45) is 29.5. The number of methoxy groups -OCH3 is 1. The Morgan fingerprint density at radius 1 is 0.821 bits per heavy atom. The molecule has 0 aromatic heterocycles. The molecule has 3 N–H and O–H groups in total. The summed E-state index contributed by atoms with van der Waals surface area (Å²) in [5, 5.41) is 3.50. The minimum absolute atomic E-state index is 0.612. The molecule has 1 aliphatic carbocycles. The largest absolute Gasteiger partial charge is 0.385 e. The molecule has 164 valence electrons. The highest BCUT2D eigenvalue weighted by atomic mass is 16.5. The number of unbranched alkanes of at least 4 members (excludes halogenated alkanes) is 15. The first-order valence-electron chi connectivity index (χ1n) is 12.2. The molecule has 0 amide bonds. The lowest BCUT2D eigenvalue weighted by Gasteiger charge is -2.26. The smallest absolute Gasteiger partial charge is 0.139 e. The molecule has 0 spiro atoms. The first-order valence-corrected chi connectivity index (χ1v) is 12.2. The van der Waals surface area contributed by atoms with Gasteiger partial charge in [0.15, 0.2) is 0 Å². The van der Waals surface area contributed by atoms with Gasteiger partial charge in [0.25, 0.3) is 0 Å². The standard InChI is InChI=1S/C25H48N2O/c1-3-4-5-6-7-8-9-10-11-12-13-14-15-16-17-18-23-27-24-19-21-25(26,28-2)22-20-24/h19-21,27H,3-18,22-23,26H2,1-2H3. The van der Waals surface area contributed by atoms with Gasteiger partial charge in [0.05, 0.1) is 0 Å². The van der Waals surface area contributed by atoms with Crippen LogP contribution in [0.25, 0.3) is 0 Å². The zero-order chi connectivity index (χ0) is 20.3. The van der Waals surface area contributed by atoms with Gasteiger partial charge in [-0.15, -0.1) is 0 Å². The van der Waals surface area contributed by atoms with Crippen LogP contribution in [0.2, 0.25) is 0 Å². The van der Waals surface area contributed by atoms with Crippen LogP contribution in [-0.2, 0) is 4.74 Å². The van der Waals surface area contributed by atoms with Gasteiger partial charge in [0.1, 0.15) is 5.72 Å². The molecule has 3 heteroatoms. The highest BCUT2D eigenvalue weighted by Gasteiger charge is 2.21. The summed E-state index contributed by atoms with van der Waals surface area (Å²) in [6.45, 7) is 3.35. The maximum absolute atomic E-state index is 6.03. The van der Waals surface area contributed by atoms with Crippen molar-refractivity contribution < 1.29 is 4.74 Å². The number of ether oxygens (including phenoxy) is 1. The second kappa shape index (κ2) is 17.1. The topological polar surface area (TPSA) is 47.3 Å². The summed E-state index contributed by atoms with van der Waals surface area (Å²) in [6, 6.07) is 0. The number of hydrogen-bond donors (Lipinski definition) is 2. The minimum atomic E-state index is -0.612. The number of rotatable bonds is 19. The average Bonchev–Trinajstić information content (AvgIpc) is 2.72. The molecule has 0 aromatic carbocycles. The van der Waals surface area contributed by atoms with E-state index in [4.69, 9.17) is 10.5 Å². The minimum Gasteiger partial charge on any atom is -0.385 e. The van der Waals surface area contributed by atoms with Crippen molar-refractivity contribution in [2.45, 2.75) is 122 Å². The van der Waals surface area contributed by atoms with E-state index in [9.17, 15) is 0 Å². The van der Waals surface area contributed by atoms with Crippen molar-refractivity contribution in [1.82, 2.24) is 5.32 Å². The molecule has 3 nitrogen and oxygen atoms in total. The molecule has 28 heavy (non-hydrogen) atoms. The van der Waals surface area contributed by atoms with Gasteiger partial charge in [-0.2, -0.15) is 0 Å². The molecule has 1 rings (SSSR count). The molecule has 1 aliphatic rings. The van der Waals surface area contributed by atoms with Crippen LogP contribution in [0, 0.1) is 0 Å². The van der Waals surface area contributed by atoms with E-state index in [0.29, 0.717) is 0 Å². The van der Waals surface area contributed by atoms with Crippen molar-refractivity contribution in [2.75, 3.05) is 13.7 Å². The highest BCUT2D eigenvalue weighted by molar-refractivity contribution is 5.25. The third-order valence-corrected chi connectivity index (χ3v) is 5.93. The predicted octanol–water partition coefficient (Wildman–Crippen LogP) is 6.98. The van der Waals surface area contributed by atoms with E-state index in [2.05, 4.69) is 18.3 Å². The summed E-state index contributed by atoms with van der Waals surface area (Å²) in [4.78, 5) is 0. The van der Waals surface area contributed by atoms with Crippen LogP contribution in [0.4, 0.5) is 0 Å². The quantitative estimate of drug-likeness (QED) is 0.184. The van der Waals surface area contributed by atoms with Crippen LogP contribution in [0.15, 0.2) is 23.9 Å². The third kappa shape index (κ3) is 13.4. The van der Waals surface area contributed by atoms with Gasteiger partial charge in [-0.25, -0.2) is 0 Å². The van der Waals surface area contributed by atoms with Crippen LogP contribution in [0.3, 0.4) is 0 Å². The van der Waals surface area contributed by atoms with E-state index >= 15 is 0 Å². The third-order valence-electron chi connectivity index (χ3n) is 5.93.